The fourth-order valence-electron chi connectivity index (χ4n) is 6.13. The third kappa shape index (κ3) is 3.69. The average Bonchev–Trinajstić information content (AvgIpc) is 3.35. The van der Waals surface area contributed by atoms with Crippen molar-refractivity contribution in [2.45, 2.75) is 63.3 Å². The van der Waals surface area contributed by atoms with Crippen molar-refractivity contribution in [2.75, 3.05) is 31.1 Å². The van der Waals surface area contributed by atoms with E-state index in [2.05, 4.69) is 14.8 Å². The number of benzene rings is 1. The number of aromatic nitrogens is 2. The number of aryl methyl sites for hydroxylation is 1. The van der Waals surface area contributed by atoms with E-state index in [1.165, 1.54) is 25.7 Å². The summed E-state index contributed by atoms with van der Waals surface area (Å²) in [6.45, 7) is 4.01. The lowest BCUT2D eigenvalue weighted by Crippen LogP contribution is -2.49. The van der Waals surface area contributed by atoms with Crippen molar-refractivity contribution in [3.05, 3.63) is 57.5 Å². The molecule has 1 aromatic carbocycles. The first-order valence-electron chi connectivity index (χ1n) is 12.0. The number of halogens is 1. The summed E-state index contributed by atoms with van der Waals surface area (Å²) in [5, 5.41) is 0. The zero-order valence-corrected chi connectivity index (χ0v) is 18.1. The summed E-state index contributed by atoms with van der Waals surface area (Å²) >= 11 is 0. The van der Waals surface area contributed by atoms with Crippen LogP contribution in [0, 0.1) is 11.2 Å². The molecular formula is C25H31FN4O. The molecule has 6 heteroatoms. The van der Waals surface area contributed by atoms with Crippen LogP contribution in [-0.4, -0.2) is 47.1 Å². The predicted molar refractivity (Wildman–Crippen MR) is 119 cm³/mol. The van der Waals surface area contributed by atoms with Gasteiger partial charge in [-0.15, -0.1) is 0 Å². The van der Waals surface area contributed by atoms with Gasteiger partial charge in [-0.2, -0.15) is 0 Å². The quantitative estimate of drug-likeness (QED) is 0.821. The van der Waals surface area contributed by atoms with Gasteiger partial charge in [-0.25, -0.2) is 9.37 Å². The zero-order valence-electron chi connectivity index (χ0n) is 18.1. The average molecular weight is 423 g/mol. The van der Waals surface area contributed by atoms with Crippen molar-refractivity contribution in [3.8, 4) is 0 Å². The molecule has 3 aliphatic carbocycles. The van der Waals surface area contributed by atoms with E-state index < -0.39 is 0 Å². The van der Waals surface area contributed by atoms with Crippen LogP contribution in [0.4, 0.5) is 10.1 Å². The summed E-state index contributed by atoms with van der Waals surface area (Å²) in [5.41, 5.74) is 3.72. The normalized spacial score (nSPS) is 27.5. The second-order valence-electron chi connectivity index (χ2n) is 10.2. The smallest absolute Gasteiger partial charge is 0.254 e. The molecule has 0 unspecified atom stereocenters. The van der Waals surface area contributed by atoms with E-state index in [1.807, 2.05) is 12.1 Å². The van der Waals surface area contributed by atoms with Crippen molar-refractivity contribution in [3.63, 3.8) is 0 Å². The predicted octanol–water partition coefficient (Wildman–Crippen LogP) is 3.64. The highest BCUT2D eigenvalue weighted by Gasteiger charge is 2.46. The van der Waals surface area contributed by atoms with Crippen molar-refractivity contribution in [2.24, 2.45) is 5.41 Å². The summed E-state index contributed by atoms with van der Waals surface area (Å²) < 4.78 is 13.2. The first kappa shape index (κ1) is 19.5. The van der Waals surface area contributed by atoms with E-state index in [1.54, 1.807) is 12.1 Å². The Bertz CT molecular complexity index is 1020. The lowest BCUT2D eigenvalue weighted by Gasteiger charge is -2.39. The molecule has 2 saturated carbocycles. The maximum atomic E-state index is 13.2. The van der Waals surface area contributed by atoms with E-state index >= 15 is 0 Å². The number of nitrogens with one attached hydrogen (secondary N) is 1. The molecule has 164 valence electrons. The Labute approximate surface area is 182 Å². The van der Waals surface area contributed by atoms with E-state index in [4.69, 9.17) is 4.98 Å². The van der Waals surface area contributed by atoms with Crippen molar-refractivity contribution in [1.82, 2.24) is 14.9 Å². The SMILES string of the molecule is O=c1[nH]c([C@@H]2CC[C@@H](N3CCN(c4ccc(F)cc4)CC3)C2)nc2c1CC1(CC2)CC1. The summed E-state index contributed by atoms with van der Waals surface area (Å²) in [5.74, 6) is 1.12. The number of nitrogens with zero attached hydrogens (tertiary/aromatic N) is 3. The van der Waals surface area contributed by atoms with Gasteiger partial charge < -0.3 is 9.88 Å². The van der Waals surface area contributed by atoms with Gasteiger partial charge in [-0.3, -0.25) is 9.69 Å². The van der Waals surface area contributed by atoms with E-state index in [0.717, 1.165) is 74.6 Å². The largest absolute Gasteiger partial charge is 0.369 e. The first-order chi connectivity index (χ1) is 15.1. The van der Waals surface area contributed by atoms with Crippen LogP contribution in [-0.2, 0) is 12.8 Å². The van der Waals surface area contributed by atoms with Crippen LogP contribution in [0.25, 0.3) is 0 Å². The maximum absolute atomic E-state index is 13.2. The molecule has 5 nitrogen and oxygen atoms in total. The van der Waals surface area contributed by atoms with Gasteiger partial charge in [0.1, 0.15) is 11.6 Å². The molecule has 1 aliphatic heterocycles. The maximum Gasteiger partial charge on any atom is 0.254 e. The van der Waals surface area contributed by atoms with Crippen molar-refractivity contribution < 1.29 is 4.39 Å². The minimum absolute atomic E-state index is 0.127. The minimum Gasteiger partial charge on any atom is -0.369 e. The van der Waals surface area contributed by atoms with Gasteiger partial charge in [-0.1, -0.05) is 0 Å². The highest BCUT2D eigenvalue weighted by molar-refractivity contribution is 5.46. The van der Waals surface area contributed by atoms with Crippen molar-refractivity contribution in [1.29, 1.82) is 0 Å². The van der Waals surface area contributed by atoms with Crippen molar-refractivity contribution >= 4 is 5.69 Å². The number of rotatable bonds is 3. The summed E-state index contributed by atoms with van der Waals surface area (Å²) in [6.07, 6.45) is 9.06. The molecule has 0 radical (unpaired) electrons. The number of hydrogen-bond donors (Lipinski definition) is 1. The van der Waals surface area contributed by atoms with E-state index in [-0.39, 0.29) is 11.4 Å². The summed E-state index contributed by atoms with van der Waals surface area (Å²) in [6, 6.07) is 7.40. The highest BCUT2D eigenvalue weighted by Crippen LogP contribution is 2.54. The zero-order chi connectivity index (χ0) is 21.0. The number of anilines is 1. The Balaban J connectivity index is 1.09. The van der Waals surface area contributed by atoms with Crippen LogP contribution in [0.2, 0.25) is 0 Å². The molecule has 1 spiro atoms. The van der Waals surface area contributed by atoms with Gasteiger partial charge in [0.2, 0.25) is 0 Å². The standard InChI is InChI=1S/C25H31FN4O/c26-18-2-5-19(6-3-18)29-11-13-30(14-12-29)20-4-1-17(15-20)23-27-22-7-8-25(9-10-25)16-21(22)24(31)28-23/h2-3,5-6,17,20H,1,4,7-16H2,(H,27,28,31)/t17-,20-/m1/s1. The van der Waals surface area contributed by atoms with E-state index in [9.17, 15) is 9.18 Å². The van der Waals surface area contributed by atoms with Gasteiger partial charge in [0.25, 0.3) is 5.56 Å². The number of fused-ring (bicyclic) bond motifs is 1. The molecular weight excluding hydrogens is 391 g/mol. The number of hydrogen-bond acceptors (Lipinski definition) is 4. The van der Waals surface area contributed by atoms with Crippen LogP contribution in [0.15, 0.2) is 29.1 Å². The Hall–Kier alpha value is -2.21. The van der Waals surface area contributed by atoms with Gasteiger partial charge >= 0.3 is 0 Å². The Morgan fingerprint density at radius 2 is 1.81 bits per heavy atom. The Morgan fingerprint density at radius 3 is 2.55 bits per heavy atom. The van der Waals surface area contributed by atoms with Gasteiger partial charge in [0.05, 0.1) is 5.69 Å². The highest BCUT2D eigenvalue weighted by atomic mass is 19.1. The van der Waals surface area contributed by atoms with E-state index in [0.29, 0.717) is 17.4 Å². The molecule has 4 aliphatic rings. The monoisotopic (exact) mass is 422 g/mol. The van der Waals surface area contributed by atoms with Gasteiger partial charge in [0, 0.05) is 49.4 Å². The second-order valence-corrected chi connectivity index (χ2v) is 10.2. The molecule has 31 heavy (non-hydrogen) atoms. The lowest BCUT2D eigenvalue weighted by molar-refractivity contribution is 0.186. The first-order valence-corrected chi connectivity index (χ1v) is 12.0. The van der Waals surface area contributed by atoms with Crippen LogP contribution < -0.4 is 10.5 Å². The number of piperazine rings is 1. The Kier molecular flexibility index (Phi) is 4.67. The minimum atomic E-state index is -0.180. The van der Waals surface area contributed by atoms with Crippen LogP contribution >= 0.6 is 0 Å². The van der Waals surface area contributed by atoms with Crippen LogP contribution in [0.3, 0.4) is 0 Å². The fourth-order valence-corrected chi connectivity index (χ4v) is 6.13. The second kappa shape index (κ2) is 7.44. The molecule has 0 bridgehead atoms. The van der Waals surface area contributed by atoms with Crippen LogP contribution in [0.1, 0.15) is 61.5 Å². The molecule has 0 amide bonds. The molecule has 2 heterocycles. The molecule has 1 aromatic heterocycles. The van der Waals surface area contributed by atoms with Crippen LogP contribution in [0.5, 0.6) is 0 Å². The lowest BCUT2D eigenvalue weighted by atomic mass is 9.84. The van der Waals surface area contributed by atoms with Gasteiger partial charge in [0.15, 0.2) is 0 Å². The molecule has 1 N–H and O–H groups in total. The molecule has 1 saturated heterocycles. The summed E-state index contributed by atoms with van der Waals surface area (Å²) in [7, 11) is 0. The summed E-state index contributed by atoms with van der Waals surface area (Å²) in [4.78, 5) is 25.9. The third-order valence-electron chi connectivity index (χ3n) is 8.33. The fraction of sp³-hybridized carbons (Fsp3) is 0.600. The molecule has 6 rings (SSSR count). The number of H-pyrrole nitrogens is 1. The molecule has 2 atom stereocenters. The number of aromatic amines is 1. The molecule has 3 fully saturated rings. The third-order valence-corrected chi connectivity index (χ3v) is 8.33. The van der Waals surface area contributed by atoms with Gasteiger partial charge in [-0.05, 0) is 81.0 Å². The topological polar surface area (TPSA) is 52.2 Å². The molecule has 2 aromatic rings. The Morgan fingerprint density at radius 1 is 1.03 bits per heavy atom.